The van der Waals surface area contributed by atoms with Crippen LogP contribution >= 0.6 is 0 Å². The number of allylic oxidation sites excluding steroid dienone is 15. The number of carbonyl (C=O) groups is 1. The Hall–Kier alpha value is -3.09. The van der Waals surface area contributed by atoms with Crippen molar-refractivity contribution in [1.82, 2.24) is 5.32 Å². The minimum Gasteiger partial charge on any atom is -0.394 e. The summed E-state index contributed by atoms with van der Waals surface area (Å²) in [5, 5.41) is 87.6. The summed E-state index contributed by atoms with van der Waals surface area (Å²) in [6.07, 6.45) is 79.3. The number of carbonyl (C=O) groups excluding carboxylic acids is 1. The van der Waals surface area contributed by atoms with E-state index in [0.717, 1.165) is 77.0 Å². The number of hydrogen-bond donors (Lipinski definition) is 9. The highest BCUT2D eigenvalue weighted by atomic mass is 16.7. The van der Waals surface area contributed by atoms with Crippen LogP contribution in [0.25, 0.3) is 0 Å². The van der Waals surface area contributed by atoms with E-state index in [1.165, 1.54) is 225 Å². The highest BCUT2D eigenvalue weighted by Crippen LogP contribution is 2.30. The van der Waals surface area contributed by atoms with Crippen LogP contribution in [0.4, 0.5) is 0 Å². The summed E-state index contributed by atoms with van der Waals surface area (Å²) in [7, 11) is 0. The summed E-state index contributed by atoms with van der Waals surface area (Å²) in [5.74, 6) is -0.249. The van der Waals surface area contributed by atoms with Crippen LogP contribution in [0.15, 0.2) is 97.2 Å². The molecule has 0 bridgehead atoms. The van der Waals surface area contributed by atoms with E-state index in [-0.39, 0.29) is 18.9 Å². The van der Waals surface area contributed by atoms with Crippen LogP contribution in [-0.2, 0) is 23.7 Å². The van der Waals surface area contributed by atoms with Crippen molar-refractivity contribution < 1.29 is 64.6 Å². The van der Waals surface area contributed by atoms with Crippen molar-refractivity contribution in [3.8, 4) is 0 Å². The quantitative estimate of drug-likeness (QED) is 0.0204. The molecule has 0 radical (unpaired) electrons. The first-order valence-corrected chi connectivity index (χ1v) is 40.5. The molecule has 0 spiro atoms. The fourth-order valence-corrected chi connectivity index (χ4v) is 12.9. The van der Waals surface area contributed by atoms with Gasteiger partial charge in [0, 0.05) is 6.42 Å². The third-order valence-corrected chi connectivity index (χ3v) is 19.2. The number of unbranched alkanes of at least 4 members (excludes halogenated alkanes) is 40. The molecule has 2 fully saturated rings. The fourth-order valence-electron chi connectivity index (χ4n) is 12.9. The Morgan fingerprint density at radius 3 is 1.12 bits per heavy atom. The minimum absolute atomic E-state index is 0.249. The number of rotatable bonds is 67. The van der Waals surface area contributed by atoms with E-state index in [9.17, 15) is 45.6 Å². The van der Waals surface area contributed by atoms with Crippen LogP contribution in [0, 0.1) is 0 Å². The van der Waals surface area contributed by atoms with Gasteiger partial charge in [0.05, 0.1) is 32.0 Å². The van der Waals surface area contributed by atoms with E-state index < -0.39 is 86.8 Å². The smallest absolute Gasteiger partial charge is 0.220 e. The molecule has 9 N–H and O–H groups in total. The zero-order valence-corrected chi connectivity index (χ0v) is 62.3. The predicted molar refractivity (Wildman–Crippen MR) is 406 cm³/mol. The monoisotopic (exact) mass is 1380 g/mol. The van der Waals surface area contributed by atoms with Crippen LogP contribution in [0.1, 0.15) is 335 Å². The van der Waals surface area contributed by atoms with Gasteiger partial charge in [0.2, 0.25) is 5.91 Å². The number of aliphatic hydroxyl groups excluding tert-OH is 8. The highest BCUT2D eigenvalue weighted by molar-refractivity contribution is 5.76. The highest BCUT2D eigenvalue weighted by Gasteiger charge is 2.51. The van der Waals surface area contributed by atoms with Crippen molar-refractivity contribution in [3.63, 3.8) is 0 Å². The zero-order chi connectivity index (χ0) is 70.8. The molecule has 0 saturated carbocycles. The SMILES string of the molecule is CC/C=C\C/C=C\C/C=C\C/C=C\C/C=C\CCCCCCCCCCCCCCCCCCCCCCCCCCCC(=O)NC(COC1OC(CO)C(OC2OC(CO)C(O)C(O)C2O)C(O)C1O)C(O)/C=C/CC/C=C/CC/C=C/CCCCCCCCCCCCCCC. The summed E-state index contributed by atoms with van der Waals surface area (Å²) in [6, 6.07) is -0.942. The molecular weight excluding hydrogens is 1230 g/mol. The Bertz CT molecular complexity index is 2020. The molecule has 12 unspecified atom stereocenters. The molecular formula is C84H149NO13. The van der Waals surface area contributed by atoms with Crippen molar-refractivity contribution in [2.45, 2.75) is 408 Å². The Morgan fingerprint density at radius 2 is 0.714 bits per heavy atom. The molecule has 1 amide bonds. The van der Waals surface area contributed by atoms with Crippen LogP contribution in [0.3, 0.4) is 0 Å². The minimum atomic E-state index is -1.80. The van der Waals surface area contributed by atoms with Gasteiger partial charge in [-0.15, -0.1) is 0 Å². The van der Waals surface area contributed by atoms with Gasteiger partial charge in [-0.2, -0.15) is 0 Å². The zero-order valence-electron chi connectivity index (χ0n) is 62.3. The van der Waals surface area contributed by atoms with Crippen molar-refractivity contribution in [1.29, 1.82) is 0 Å². The van der Waals surface area contributed by atoms with Crippen molar-refractivity contribution in [3.05, 3.63) is 97.2 Å². The van der Waals surface area contributed by atoms with Gasteiger partial charge >= 0.3 is 0 Å². The van der Waals surface area contributed by atoms with Crippen LogP contribution in [0.5, 0.6) is 0 Å². The summed E-state index contributed by atoms with van der Waals surface area (Å²) in [4.78, 5) is 13.4. The van der Waals surface area contributed by atoms with Gasteiger partial charge in [0.1, 0.15) is 48.8 Å². The first-order chi connectivity index (χ1) is 48.1. The van der Waals surface area contributed by atoms with Gasteiger partial charge < -0.3 is 65.1 Å². The molecule has 14 heteroatoms. The number of aliphatic hydroxyl groups is 8. The molecule has 2 heterocycles. The Balaban J connectivity index is 1.58. The van der Waals surface area contributed by atoms with E-state index in [1.54, 1.807) is 6.08 Å². The topological polar surface area (TPSA) is 228 Å². The predicted octanol–water partition coefficient (Wildman–Crippen LogP) is 18.5. The second-order valence-corrected chi connectivity index (χ2v) is 28.1. The average Bonchev–Trinajstić information content (AvgIpc) is 0.793. The molecule has 2 aliphatic heterocycles. The molecule has 0 aromatic carbocycles. The Morgan fingerprint density at radius 1 is 0.378 bits per heavy atom. The molecule has 0 aromatic rings. The number of ether oxygens (including phenoxy) is 4. The maximum Gasteiger partial charge on any atom is 0.220 e. The molecule has 14 nitrogen and oxygen atoms in total. The lowest BCUT2D eigenvalue weighted by atomic mass is 9.97. The maximum absolute atomic E-state index is 13.4. The molecule has 568 valence electrons. The summed E-state index contributed by atoms with van der Waals surface area (Å²) in [5.41, 5.74) is 0. The normalized spacial score (nSPS) is 22.6. The number of nitrogens with one attached hydrogen (secondary N) is 1. The molecule has 2 aliphatic rings. The van der Waals surface area contributed by atoms with Crippen LogP contribution in [-0.4, -0.2) is 140 Å². The molecule has 0 aliphatic carbocycles. The molecule has 2 saturated heterocycles. The first-order valence-electron chi connectivity index (χ1n) is 40.5. The van der Waals surface area contributed by atoms with Gasteiger partial charge in [-0.3, -0.25) is 4.79 Å². The van der Waals surface area contributed by atoms with E-state index in [0.29, 0.717) is 12.8 Å². The molecule has 2 rings (SSSR count). The lowest BCUT2D eigenvalue weighted by Gasteiger charge is -2.46. The Labute approximate surface area is 598 Å². The van der Waals surface area contributed by atoms with Gasteiger partial charge in [-0.1, -0.05) is 336 Å². The lowest BCUT2D eigenvalue weighted by Crippen LogP contribution is -2.65. The molecule has 0 aromatic heterocycles. The van der Waals surface area contributed by atoms with E-state index in [1.807, 2.05) is 6.08 Å². The summed E-state index contributed by atoms with van der Waals surface area (Å²) >= 11 is 0. The number of hydrogen-bond acceptors (Lipinski definition) is 13. The van der Waals surface area contributed by atoms with Gasteiger partial charge in [0.15, 0.2) is 12.6 Å². The number of amides is 1. The van der Waals surface area contributed by atoms with Gasteiger partial charge in [0.25, 0.3) is 0 Å². The van der Waals surface area contributed by atoms with Crippen LogP contribution < -0.4 is 5.32 Å². The van der Waals surface area contributed by atoms with Crippen molar-refractivity contribution >= 4 is 5.91 Å². The summed E-state index contributed by atoms with van der Waals surface area (Å²) < 4.78 is 22.9. The largest absolute Gasteiger partial charge is 0.394 e. The van der Waals surface area contributed by atoms with Crippen LogP contribution in [0.2, 0.25) is 0 Å². The van der Waals surface area contributed by atoms with Gasteiger partial charge in [-0.05, 0) is 89.9 Å². The second kappa shape index (κ2) is 67.1. The maximum atomic E-state index is 13.4. The Kier molecular flexibility index (Phi) is 62.3. The van der Waals surface area contributed by atoms with Gasteiger partial charge in [-0.25, -0.2) is 0 Å². The van der Waals surface area contributed by atoms with Crippen molar-refractivity contribution in [2.24, 2.45) is 0 Å². The molecule has 98 heavy (non-hydrogen) atoms. The summed E-state index contributed by atoms with van der Waals surface area (Å²) in [6.45, 7) is 2.70. The third-order valence-electron chi connectivity index (χ3n) is 19.2. The first kappa shape index (κ1) is 91.0. The third kappa shape index (κ3) is 49.5. The van der Waals surface area contributed by atoms with Crippen molar-refractivity contribution in [2.75, 3.05) is 19.8 Å². The molecule has 12 atom stereocenters. The van der Waals surface area contributed by atoms with E-state index >= 15 is 0 Å². The standard InChI is InChI=1S/C84H149NO13/c1-3-5-7-9-11-13-15-17-19-21-23-25-27-28-29-30-31-32-33-34-35-36-37-38-39-40-41-42-43-44-46-48-50-52-54-56-58-60-62-64-66-68-76(89)85-72(71-95-83-81(94)79(92)82(75(70-87)97-83)98-84-80(93)78(91)77(90)74(69-86)96-84)73(88)67-65-63-61-59-57-55-53-51-49-47-45-26-24-22-20-18-16-14-12-10-8-6-4-2/h5,7,11,13,17,19,23,25,28-29,49,51,57,59,65,67,72-75,77-84,86-88,90-94H,3-4,6,8-10,12,14-16,18,20-22,24,26-27,30-48,50,52-56,58,60-64,66,68-71H2,1-2H3,(H,85,89)/b7-5-,13-11-,19-17-,25-23-,29-28-,51-49+,59-57+,67-65+. The second-order valence-electron chi connectivity index (χ2n) is 28.1. The van der Waals surface area contributed by atoms with E-state index in [4.69, 9.17) is 18.9 Å². The lowest BCUT2D eigenvalue weighted by molar-refractivity contribution is -0.359. The fraction of sp³-hybridized carbons (Fsp3) is 0.798. The average molecular weight is 1380 g/mol. The van der Waals surface area contributed by atoms with E-state index in [2.05, 4.69) is 104 Å².